The number of ether oxygens (including phenoxy) is 1. The average molecular weight is 207 g/mol. The average Bonchev–Trinajstić information content (AvgIpc) is 2.04. The predicted octanol–water partition coefficient (Wildman–Crippen LogP) is 0.989. The van der Waals surface area contributed by atoms with Crippen LogP contribution in [0.15, 0.2) is 0 Å². The molecule has 0 aromatic heterocycles. The molecule has 0 amide bonds. The van der Waals surface area contributed by atoms with Crippen molar-refractivity contribution in [1.29, 1.82) is 0 Å². The number of carbonyl (C=O) groups excluding carboxylic acids is 1. The van der Waals surface area contributed by atoms with Gasteiger partial charge in [0.25, 0.3) is 0 Å². The minimum Gasteiger partial charge on any atom is -0.772 e. The van der Waals surface area contributed by atoms with Crippen LogP contribution in [-0.2, 0) is 20.6 Å². The highest BCUT2D eigenvalue weighted by molar-refractivity contribution is 7.79. The van der Waals surface area contributed by atoms with E-state index in [4.69, 9.17) is 4.74 Å². The van der Waals surface area contributed by atoms with Gasteiger partial charge in [0.2, 0.25) is 0 Å². The van der Waals surface area contributed by atoms with E-state index in [1.54, 1.807) is 0 Å². The summed E-state index contributed by atoms with van der Waals surface area (Å²) in [6.07, 6.45) is 2.38. The maximum atomic E-state index is 10.9. The summed E-state index contributed by atoms with van der Waals surface area (Å²) in [7, 11) is 0. The van der Waals surface area contributed by atoms with Crippen LogP contribution in [0, 0.1) is 0 Å². The van der Waals surface area contributed by atoms with Gasteiger partial charge in [0, 0.05) is 12.2 Å². The summed E-state index contributed by atoms with van der Waals surface area (Å²) < 4.78 is 25.0. The number of hydrogen-bond donors (Lipinski definition) is 0. The summed E-state index contributed by atoms with van der Waals surface area (Å²) in [6, 6.07) is 0. The van der Waals surface area contributed by atoms with Crippen molar-refractivity contribution < 1.29 is 18.3 Å². The Labute approximate surface area is 80.9 Å². The van der Waals surface area contributed by atoms with Gasteiger partial charge in [0.15, 0.2) is 0 Å². The Balaban J connectivity index is 3.25. The number of esters is 1. The summed E-state index contributed by atoms with van der Waals surface area (Å²) >= 11 is -2.05. The molecule has 0 heterocycles. The van der Waals surface area contributed by atoms with Crippen molar-refractivity contribution in [1.82, 2.24) is 0 Å². The molecule has 13 heavy (non-hydrogen) atoms. The Morgan fingerprint density at radius 1 is 1.46 bits per heavy atom. The Morgan fingerprint density at radius 2 is 2.15 bits per heavy atom. The molecular weight excluding hydrogens is 192 g/mol. The second kappa shape index (κ2) is 8.19. The molecule has 1 atom stereocenters. The maximum absolute atomic E-state index is 10.9. The predicted molar refractivity (Wildman–Crippen MR) is 48.9 cm³/mol. The summed E-state index contributed by atoms with van der Waals surface area (Å²) in [4.78, 5) is 10.9. The Kier molecular flexibility index (Phi) is 7.93. The fourth-order valence-corrected chi connectivity index (χ4v) is 1.12. The molecule has 1 unspecified atom stereocenters. The first kappa shape index (κ1) is 12.6. The van der Waals surface area contributed by atoms with Crippen LogP contribution < -0.4 is 0 Å². The fourth-order valence-electron chi connectivity index (χ4n) is 0.737. The molecule has 0 aromatic carbocycles. The lowest BCUT2D eigenvalue weighted by Crippen LogP contribution is -2.07. The normalized spacial score (nSPS) is 12.5. The molecule has 78 valence electrons. The molecule has 4 nitrogen and oxygen atoms in total. The lowest BCUT2D eigenvalue weighted by atomic mass is 10.3. The Bertz CT molecular complexity index is 170. The Hall–Kier alpha value is -0.420. The minimum absolute atomic E-state index is 0.0306. The minimum atomic E-state index is -2.05. The number of unbranched alkanes of at least 4 members (excludes halogenated alkanes) is 1. The Morgan fingerprint density at radius 3 is 2.69 bits per heavy atom. The maximum Gasteiger partial charge on any atom is 0.305 e. The smallest absolute Gasteiger partial charge is 0.305 e. The highest BCUT2D eigenvalue weighted by Crippen LogP contribution is 1.96. The standard InChI is InChI=1S/C8H16O4S/c1-2-3-6-12-8(9)5-4-7-13(10)11/h2-7H2,1H3,(H,10,11)/p-1. The van der Waals surface area contributed by atoms with Crippen molar-refractivity contribution in [2.75, 3.05) is 12.4 Å². The summed E-state index contributed by atoms with van der Waals surface area (Å²) in [6.45, 7) is 2.45. The quantitative estimate of drug-likeness (QED) is 0.355. The van der Waals surface area contributed by atoms with Gasteiger partial charge in [-0.2, -0.15) is 0 Å². The van der Waals surface area contributed by atoms with Gasteiger partial charge in [-0.25, -0.2) is 0 Å². The van der Waals surface area contributed by atoms with Crippen LogP contribution in [0.25, 0.3) is 0 Å². The van der Waals surface area contributed by atoms with Crippen molar-refractivity contribution in [3.8, 4) is 0 Å². The van der Waals surface area contributed by atoms with Gasteiger partial charge in [0.05, 0.1) is 6.61 Å². The fraction of sp³-hybridized carbons (Fsp3) is 0.875. The molecule has 0 spiro atoms. The highest BCUT2D eigenvalue weighted by atomic mass is 32.2. The van der Waals surface area contributed by atoms with Gasteiger partial charge < -0.3 is 9.29 Å². The zero-order valence-corrected chi connectivity index (χ0v) is 8.60. The van der Waals surface area contributed by atoms with Gasteiger partial charge in [-0.15, -0.1) is 0 Å². The van der Waals surface area contributed by atoms with Gasteiger partial charge in [-0.3, -0.25) is 9.00 Å². The largest absolute Gasteiger partial charge is 0.772 e. The van der Waals surface area contributed by atoms with Crippen molar-refractivity contribution in [3.63, 3.8) is 0 Å². The van der Waals surface area contributed by atoms with E-state index in [1.165, 1.54) is 0 Å². The third-order valence-corrected chi connectivity index (χ3v) is 2.07. The molecule has 0 aliphatic carbocycles. The summed E-state index contributed by atoms with van der Waals surface area (Å²) in [5.74, 6) is -0.276. The van der Waals surface area contributed by atoms with Crippen LogP contribution in [0.3, 0.4) is 0 Å². The van der Waals surface area contributed by atoms with E-state index in [2.05, 4.69) is 0 Å². The van der Waals surface area contributed by atoms with Crippen molar-refractivity contribution in [3.05, 3.63) is 0 Å². The third kappa shape index (κ3) is 9.49. The van der Waals surface area contributed by atoms with Crippen molar-refractivity contribution >= 4 is 17.0 Å². The van der Waals surface area contributed by atoms with E-state index in [9.17, 15) is 13.6 Å². The van der Waals surface area contributed by atoms with Crippen LogP contribution in [0.4, 0.5) is 0 Å². The number of carbonyl (C=O) groups is 1. The molecule has 0 saturated heterocycles. The molecule has 0 fully saturated rings. The van der Waals surface area contributed by atoms with Crippen molar-refractivity contribution in [2.45, 2.75) is 32.6 Å². The van der Waals surface area contributed by atoms with Gasteiger partial charge >= 0.3 is 5.97 Å². The van der Waals surface area contributed by atoms with Gasteiger partial charge in [0.1, 0.15) is 0 Å². The lowest BCUT2D eigenvalue weighted by molar-refractivity contribution is -0.143. The third-order valence-electron chi connectivity index (χ3n) is 1.45. The van der Waals surface area contributed by atoms with E-state index in [1.807, 2.05) is 6.92 Å². The molecule has 0 bridgehead atoms. The van der Waals surface area contributed by atoms with Gasteiger partial charge in [-0.05, 0) is 12.8 Å². The van der Waals surface area contributed by atoms with Crippen LogP contribution >= 0.6 is 0 Å². The second-order valence-corrected chi connectivity index (χ2v) is 3.70. The monoisotopic (exact) mass is 207 g/mol. The second-order valence-electron chi connectivity index (χ2n) is 2.69. The molecule has 5 heteroatoms. The van der Waals surface area contributed by atoms with Crippen LogP contribution in [0.1, 0.15) is 32.6 Å². The van der Waals surface area contributed by atoms with Gasteiger partial charge in [-0.1, -0.05) is 24.4 Å². The molecule has 0 aromatic rings. The topological polar surface area (TPSA) is 66.4 Å². The van der Waals surface area contributed by atoms with E-state index in [0.717, 1.165) is 12.8 Å². The molecular formula is C8H15O4S-. The van der Waals surface area contributed by atoms with Crippen molar-refractivity contribution in [2.24, 2.45) is 0 Å². The SMILES string of the molecule is CCCCOC(=O)CCCS(=O)[O-]. The zero-order chi connectivity index (χ0) is 10.1. The van der Waals surface area contributed by atoms with E-state index >= 15 is 0 Å². The summed E-state index contributed by atoms with van der Waals surface area (Å²) in [5.41, 5.74) is 0. The first-order chi connectivity index (χ1) is 6.16. The van der Waals surface area contributed by atoms with Crippen LogP contribution in [-0.4, -0.2) is 27.1 Å². The van der Waals surface area contributed by atoms with Crippen LogP contribution in [0.5, 0.6) is 0 Å². The molecule has 0 aliphatic rings. The highest BCUT2D eigenvalue weighted by Gasteiger charge is 2.01. The van der Waals surface area contributed by atoms with E-state index in [0.29, 0.717) is 13.0 Å². The molecule has 0 aliphatic heterocycles. The molecule has 0 rings (SSSR count). The lowest BCUT2D eigenvalue weighted by Gasteiger charge is -2.05. The molecule has 0 radical (unpaired) electrons. The number of hydrogen-bond acceptors (Lipinski definition) is 4. The molecule has 0 saturated carbocycles. The first-order valence-electron chi connectivity index (χ1n) is 4.38. The number of rotatable bonds is 7. The van der Waals surface area contributed by atoms with E-state index < -0.39 is 11.1 Å². The first-order valence-corrected chi connectivity index (χ1v) is 5.62. The zero-order valence-electron chi connectivity index (χ0n) is 7.78. The van der Waals surface area contributed by atoms with E-state index in [-0.39, 0.29) is 18.1 Å². The summed E-state index contributed by atoms with van der Waals surface area (Å²) in [5, 5.41) is 0. The molecule has 0 N–H and O–H groups in total. The van der Waals surface area contributed by atoms with Crippen LogP contribution in [0.2, 0.25) is 0 Å².